The lowest BCUT2D eigenvalue weighted by Crippen LogP contribution is -2.16. The smallest absolute Gasteiger partial charge is 0.0540 e. The van der Waals surface area contributed by atoms with Gasteiger partial charge in [-0.3, -0.25) is 0 Å². The third-order valence-corrected chi connectivity index (χ3v) is 8.46. The van der Waals surface area contributed by atoms with Crippen LogP contribution in [-0.2, 0) is 5.41 Å². The molecule has 1 aliphatic rings. The monoisotopic (exact) mass is 516 g/mol. The summed E-state index contributed by atoms with van der Waals surface area (Å²) in [5.41, 5.74) is 11.3. The summed E-state index contributed by atoms with van der Waals surface area (Å²) in [7, 11) is 2.18. The van der Waals surface area contributed by atoms with Crippen molar-refractivity contribution in [3.05, 3.63) is 151 Å². The van der Waals surface area contributed by atoms with E-state index in [1.165, 1.54) is 44.4 Å². The SMILES string of the molecule is CN(c1ccc2c(c1)C(C)(C)c1ccccc1-2)c1cccc2c(N(c3ccccc3)c3ccccc3)cccc12. The fraction of sp³-hybridized carbons (Fsp3) is 0.105. The molecule has 0 radical (unpaired) electrons. The van der Waals surface area contributed by atoms with Crippen LogP contribution in [0, 0.1) is 0 Å². The molecule has 0 bridgehead atoms. The van der Waals surface area contributed by atoms with Gasteiger partial charge in [-0.2, -0.15) is 0 Å². The molecule has 7 rings (SSSR count). The van der Waals surface area contributed by atoms with Crippen LogP contribution in [0.4, 0.5) is 28.4 Å². The summed E-state index contributed by atoms with van der Waals surface area (Å²) in [6.45, 7) is 4.68. The molecule has 194 valence electrons. The highest BCUT2D eigenvalue weighted by Crippen LogP contribution is 2.50. The first-order valence-electron chi connectivity index (χ1n) is 13.9. The molecule has 1 aliphatic carbocycles. The third-order valence-electron chi connectivity index (χ3n) is 8.46. The highest BCUT2D eigenvalue weighted by Gasteiger charge is 2.35. The maximum atomic E-state index is 2.39. The van der Waals surface area contributed by atoms with E-state index in [9.17, 15) is 0 Å². The van der Waals surface area contributed by atoms with Crippen molar-refractivity contribution in [1.82, 2.24) is 0 Å². The van der Waals surface area contributed by atoms with E-state index in [4.69, 9.17) is 0 Å². The van der Waals surface area contributed by atoms with Gasteiger partial charge in [0.15, 0.2) is 0 Å². The van der Waals surface area contributed by atoms with E-state index < -0.39 is 0 Å². The van der Waals surface area contributed by atoms with Crippen LogP contribution in [0.25, 0.3) is 21.9 Å². The highest BCUT2D eigenvalue weighted by molar-refractivity contribution is 6.05. The van der Waals surface area contributed by atoms with Crippen LogP contribution in [0.2, 0.25) is 0 Å². The van der Waals surface area contributed by atoms with E-state index >= 15 is 0 Å². The van der Waals surface area contributed by atoms with Crippen molar-refractivity contribution in [2.24, 2.45) is 0 Å². The van der Waals surface area contributed by atoms with Crippen molar-refractivity contribution in [3.63, 3.8) is 0 Å². The summed E-state index contributed by atoms with van der Waals surface area (Å²) in [6.07, 6.45) is 0. The van der Waals surface area contributed by atoms with Crippen molar-refractivity contribution in [1.29, 1.82) is 0 Å². The predicted molar refractivity (Wildman–Crippen MR) is 171 cm³/mol. The highest BCUT2D eigenvalue weighted by atomic mass is 15.1. The Balaban J connectivity index is 1.35. The van der Waals surface area contributed by atoms with Crippen LogP contribution in [0.15, 0.2) is 140 Å². The third kappa shape index (κ3) is 3.79. The molecule has 0 saturated carbocycles. The number of anilines is 5. The lowest BCUT2D eigenvalue weighted by molar-refractivity contribution is 0.660. The predicted octanol–water partition coefficient (Wildman–Crippen LogP) is 10.4. The van der Waals surface area contributed by atoms with Crippen LogP contribution in [-0.4, -0.2) is 7.05 Å². The molecule has 0 saturated heterocycles. The molecular weight excluding hydrogens is 484 g/mol. The number of nitrogens with zero attached hydrogens (tertiary/aromatic N) is 2. The maximum Gasteiger partial charge on any atom is 0.0540 e. The van der Waals surface area contributed by atoms with Gasteiger partial charge in [-0.25, -0.2) is 0 Å². The van der Waals surface area contributed by atoms with Gasteiger partial charge in [0, 0.05) is 46.0 Å². The second kappa shape index (κ2) is 9.43. The standard InChI is InChI=1S/C38H32N2/c1-38(2)34-21-11-10-18-30(34)31-25-24-29(26-35(31)38)39(3)36-22-12-20-33-32(36)19-13-23-37(33)40(27-14-6-4-7-15-27)28-16-8-5-9-17-28/h4-26H,1-3H3. The van der Waals surface area contributed by atoms with Gasteiger partial charge in [0.2, 0.25) is 0 Å². The van der Waals surface area contributed by atoms with Gasteiger partial charge in [0.05, 0.1) is 5.69 Å². The first-order chi connectivity index (χ1) is 19.5. The number of rotatable bonds is 5. The molecule has 0 spiro atoms. The van der Waals surface area contributed by atoms with E-state index in [-0.39, 0.29) is 5.41 Å². The average molecular weight is 517 g/mol. The Morgan fingerprint density at radius 1 is 0.450 bits per heavy atom. The number of para-hydroxylation sites is 2. The number of hydrogen-bond acceptors (Lipinski definition) is 2. The largest absolute Gasteiger partial charge is 0.344 e. The normalized spacial score (nSPS) is 13.1. The van der Waals surface area contributed by atoms with E-state index in [0.717, 1.165) is 17.1 Å². The van der Waals surface area contributed by atoms with Crippen LogP contribution in [0.3, 0.4) is 0 Å². The van der Waals surface area contributed by atoms with Gasteiger partial charge >= 0.3 is 0 Å². The molecule has 0 aliphatic heterocycles. The zero-order valence-electron chi connectivity index (χ0n) is 23.2. The Morgan fingerprint density at radius 2 is 1.00 bits per heavy atom. The fourth-order valence-corrected chi connectivity index (χ4v) is 6.39. The van der Waals surface area contributed by atoms with Crippen molar-refractivity contribution >= 4 is 39.2 Å². The molecule has 2 nitrogen and oxygen atoms in total. The Hall–Kier alpha value is -4.82. The first-order valence-corrected chi connectivity index (χ1v) is 13.9. The van der Waals surface area contributed by atoms with E-state index in [2.05, 4.69) is 170 Å². The summed E-state index contributed by atoms with van der Waals surface area (Å²) in [4.78, 5) is 4.68. The lowest BCUT2D eigenvalue weighted by Gasteiger charge is -2.28. The second-order valence-electron chi connectivity index (χ2n) is 11.1. The Bertz CT molecular complexity index is 1800. The topological polar surface area (TPSA) is 6.48 Å². The van der Waals surface area contributed by atoms with Gasteiger partial charge < -0.3 is 9.80 Å². The zero-order valence-corrected chi connectivity index (χ0v) is 23.2. The molecule has 2 heteroatoms. The minimum absolute atomic E-state index is 0.0272. The number of benzene rings is 6. The molecule has 0 atom stereocenters. The molecule has 0 N–H and O–H groups in total. The van der Waals surface area contributed by atoms with E-state index in [0.29, 0.717) is 0 Å². The van der Waals surface area contributed by atoms with Crippen LogP contribution < -0.4 is 9.80 Å². The van der Waals surface area contributed by atoms with Crippen molar-refractivity contribution < 1.29 is 0 Å². The average Bonchev–Trinajstić information content (AvgIpc) is 3.24. The summed E-state index contributed by atoms with van der Waals surface area (Å²) < 4.78 is 0. The minimum atomic E-state index is -0.0272. The van der Waals surface area contributed by atoms with Crippen molar-refractivity contribution in [3.8, 4) is 11.1 Å². The van der Waals surface area contributed by atoms with Crippen molar-refractivity contribution in [2.45, 2.75) is 19.3 Å². The number of fused-ring (bicyclic) bond motifs is 4. The molecule has 0 aromatic heterocycles. The Kier molecular flexibility index (Phi) is 5.71. The van der Waals surface area contributed by atoms with Crippen LogP contribution >= 0.6 is 0 Å². The molecule has 0 heterocycles. The molecule has 0 unspecified atom stereocenters. The second-order valence-corrected chi connectivity index (χ2v) is 11.1. The summed E-state index contributed by atoms with van der Waals surface area (Å²) in [5.74, 6) is 0. The van der Waals surface area contributed by atoms with Gasteiger partial charge in [0.1, 0.15) is 0 Å². The van der Waals surface area contributed by atoms with Gasteiger partial charge in [-0.05, 0) is 70.8 Å². The molecular formula is C38H32N2. The molecule has 0 fully saturated rings. The zero-order chi connectivity index (χ0) is 27.3. The Morgan fingerprint density at radius 3 is 1.68 bits per heavy atom. The molecule has 40 heavy (non-hydrogen) atoms. The Labute approximate surface area is 236 Å². The molecule has 6 aromatic rings. The van der Waals surface area contributed by atoms with Gasteiger partial charge in [-0.1, -0.05) is 105 Å². The molecule has 6 aromatic carbocycles. The van der Waals surface area contributed by atoms with Crippen LogP contribution in [0.5, 0.6) is 0 Å². The summed E-state index contributed by atoms with van der Waals surface area (Å²) >= 11 is 0. The summed E-state index contributed by atoms with van der Waals surface area (Å²) in [6, 6.07) is 50.3. The molecule has 0 amide bonds. The quantitative estimate of drug-likeness (QED) is 0.225. The van der Waals surface area contributed by atoms with Crippen LogP contribution in [0.1, 0.15) is 25.0 Å². The van der Waals surface area contributed by atoms with E-state index in [1.807, 2.05) is 0 Å². The number of hydrogen-bond donors (Lipinski definition) is 0. The summed E-state index contributed by atoms with van der Waals surface area (Å²) in [5, 5.41) is 2.44. The maximum absolute atomic E-state index is 2.39. The first kappa shape index (κ1) is 24.2. The van der Waals surface area contributed by atoms with Crippen molar-refractivity contribution in [2.75, 3.05) is 16.8 Å². The van der Waals surface area contributed by atoms with E-state index in [1.54, 1.807) is 0 Å². The van der Waals surface area contributed by atoms with Gasteiger partial charge in [-0.15, -0.1) is 0 Å². The van der Waals surface area contributed by atoms with Gasteiger partial charge in [0.25, 0.3) is 0 Å². The minimum Gasteiger partial charge on any atom is -0.344 e. The lowest BCUT2D eigenvalue weighted by atomic mass is 9.82. The fourth-order valence-electron chi connectivity index (χ4n) is 6.39.